The van der Waals surface area contributed by atoms with Gasteiger partial charge in [-0.2, -0.15) is 0 Å². The number of benzene rings is 1. The molecule has 1 fully saturated rings. The van der Waals surface area contributed by atoms with Crippen LogP contribution < -0.4 is 10.6 Å². The number of piperidine rings is 1. The first kappa shape index (κ1) is 24.0. The highest BCUT2D eigenvalue weighted by molar-refractivity contribution is 14.0. The van der Waals surface area contributed by atoms with Crippen molar-refractivity contribution in [2.45, 2.75) is 31.8 Å². The van der Waals surface area contributed by atoms with E-state index < -0.39 is 0 Å². The fourth-order valence-electron chi connectivity index (χ4n) is 3.10. The van der Waals surface area contributed by atoms with Crippen LogP contribution in [0.15, 0.2) is 35.3 Å². The molecular weight excluding hydrogens is 455 g/mol. The van der Waals surface area contributed by atoms with Gasteiger partial charge in [0.1, 0.15) is 0 Å². The number of nitrogens with one attached hydrogen (secondary N) is 2. The van der Waals surface area contributed by atoms with Gasteiger partial charge in [-0.3, -0.25) is 4.99 Å². The summed E-state index contributed by atoms with van der Waals surface area (Å²) in [6, 6.07) is 10.3. The number of aliphatic imine (C=N–C) groups is 1. The zero-order valence-electron chi connectivity index (χ0n) is 16.7. The maximum atomic E-state index is 5.93. The molecule has 1 aromatic carbocycles. The first-order chi connectivity index (χ1) is 12.8. The molecule has 0 unspecified atom stereocenters. The third-order valence-electron chi connectivity index (χ3n) is 4.54. The van der Waals surface area contributed by atoms with Crippen molar-refractivity contribution in [1.29, 1.82) is 0 Å². The van der Waals surface area contributed by atoms with Crippen molar-refractivity contribution < 1.29 is 9.47 Å². The van der Waals surface area contributed by atoms with Crippen LogP contribution in [0.2, 0.25) is 0 Å². The molecule has 2 rings (SSSR count). The van der Waals surface area contributed by atoms with Crippen molar-refractivity contribution in [1.82, 2.24) is 10.2 Å². The minimum absolute atomic E-state index is 0. The minimum atomic E-state index is 0. The van der Waals surface area contributed by atoms with Crippen LogP contribution in [0.1, 0.15) is 25.7 Å². The number of nitrogens with zero attached hydrogens (tertiary/aromatic N) is 2. The summed E-state index contributed by atoms with van der Waals surface area (Å²) in [5.41, 5.74) is 1.17. The Balaban J connectivity index is 0.00000364. The third-order valence-corrected chi connectivity index (χ3v) is 4.54. The van der Waals surface area contributed by atoms with Crippen molar-refractivity contribution in [2.24, 2.45) is 4.99 Å². The molecule has 1 saturated heterocycles. The highest BCUT2D eigenvalue weighted by Gasteiger charge is 2.21. The summed E-state index contributed by atoms with van der Waals surface area (Å²) in [7, 11) is 3.59. The van der Waals surface area contributed by atoms with E-state index in [1.165, 1.54) is 5.69 Å². The maximum absolute atomic E-state index is 5.93. The van der Waals surface area contributed by atoms with Gasteiger partial charge >= 0.3 is 0 Å². The van der Waals surface area contributed by atoms with Gasteiger partial charge in [-0.15, -0.1) is 24.0 Å². The lowest BCUT2D eigenvalue weighted by molar-refractivity contribution is 0.00991. The Labute approximate surface area is 181 Å². The molecule has 7 heteroatoms. The van der Waals surface area contributed by atoms with Gasteiger partial charge in [-0.25, -0.2) is 0 Å². The van der Waals surface area contributed by atoms with Crippen LogP contribution >= 0.6 is 24.0 Å². The number of hydrogen-bond acceptors (Lipinski definition) is 4. The fraction of sp³-hybridized carbons (Fsp3) is 0.650. The van der Waals surface area contributed by atoms with Crippen LogP contribution in [0, 0.1) is 0 Å². The largest absolute Gasteiger partial charge is 0.385 e. The molecular formula is C20H35IN4O2. The number of anilines is 1. The van der Waals surface area contributed by atoms with E-state index in [4.69, 9.17) is 9.47 Å². The molecule has 0 aromatic heterocycles. The second-order valence-corrected chi connectivity index (χ2v) is 6.52. The molecule has 154 valence electrons. The van der Waals surface area contributed by atoms with E-state index in [-0.39, 0.29) is 24.0 Å². The molecule has 1 aliphatic rings. The van der Waals surface area contributed by atoms with E-state index in [0.717, 1.165) is 71.0 Å². The van der Waals surface area contributed by atoms with E-state index >= 15 is 0 Å². The minimum Gasteiger partial charge on any atom is -0.385 e. The Morgan fingerprint density at radius 1 is 1.11 bits per heavy atom. The average molecular weight is 490 g/mol. The van der Waals surface area contributed by atoms with Gasteiger partial charge in [0.2, 0.25) is 0 Å². The highest BCUT2D eigenvalue weighted by Crippen LogP contribution is 2.14. The van der Waals surface area contributed by atoms with Crippen LogP contribution in [-0.4, -0.2) is 70.5 Å². The topological polar surface area (TPSA) is 58.1 Å². The predicted molar refractivity (Wildman–Crippen MR) is 123 cm³/mol. The molecule has 0 radical (unpaired) electrons. The number of para-hydroxylation sites is 1. The van der Waals surface area contributed by atoms with E-state index in [1.54, 1.807) is 7.11 Å². The number of halogens is 1. The van der Waals surface area contributed by atoms with E-state index in [1.807, 2.05) is 25.2 Å². The molecule has 0 bridgehead atoms. The quantitative estimate of drug-likeness (QED) is 0.228. The monoisotopic (exact) mass is 490 g/mol. The summed E-state index contributed by atoms with van der Waals surface area (Å²) < 4.78 is 11.0. The molecule has 0 atom stereocenters. The molecule has 1 aliphatic heterocycles. The Bertz CT molecular complexity index is 508. The van der Waals surface area contributed by atoms with Crippen LogP contribution in [0.3, 0.4) is 0 Å². The Hall–Kier alpha value is -1.06. The molecule has 2 N–H and O–H groups in total. The molecule has 1 aromatic rings. The zero-order valence-corrected chi connectivity index (χ0v) is 19.0. The first-order valence-electron chi connectivity index (χ1n) is 9.68. The summed E-state index contributed by atoms with van der Waals surface area (Å²) in [5, 5.41) is 6.91. The number of rotatable bonds is 10. The third kappa shape index (κ3) is 9.62. The van der Waals surface area contributed by atoms with Gasteiger partial charge in [0, 0.05) is 59.2 Å². The van der Waals surface area contributed by atoms with Crippen molar-refractivity contribution in [3.8, 4) is 0 Å². The number of hydrogen-bond donors (Lipinski definition) is 2. The van der Waals surface area contributed by atoms with Crippen molar-refractivity contribution >= 4 is 35.6 Å². The maximum Gasteiger partial charge on any atom is 0.193 e. The van der Waals surface area contributed by atoms with E-state index in [9.17, 15) is 0 Å². The number of ether oxygens (including phenoxy) is 2. The second-order valence-electron chi connectivity index (χ2n) is 6.52. The number of likely N-dealkylation sites (tertiary alicyclic amines) is 1. The van der Waals surface area contributed by atoms with Crippen LogP contribution in [-0.2, 0) is 9.47 Å². The van der Waals surface area contributed by atoms with Crippen molar-refractivity contribution in [2.75, 3.05) is 58.9 Å². The Morgan fingerprint density at radius 2 is 1.85 bits per heavy atom. The molecule has 0 amide bonds. The SMILES string of the molecule is CN=C(NCCCNc1ccccc1)N1CCC(OCCCOC)CC1.I. The molecule has 6 nitrogen and oxygen atoms in total. The molecule has 0 aliphatic carbocycles. The molecule has 0 saturated carbocycles. The summed E-state index contributed by atoms with van der Waals surface area (Å²) >= 11 is 0. The van der Waals surface area contributed by atoms with Gasteiger partial charge in [0.05, 0.1) is 6.10 Å². The van der Waals surface area contributed by atoms with Gasteiger partial charge < -0.3 is 25.0 Å². The summed E-state index contributed by atoms with van der Waals surface area (Å²) in [4.78, 5) is 6.77. The summed E-state index contributed by atoms with van der Waals surface area (Å²) in [6.45, 7) is 5.42. The lowest BCUT2D eigenvalue weighted by Gasteiger charge is -2.34. The predicted octanol–water partition coefficient (Wildman–Crippen LogP) is 3.20. The second kappa shape index (κ2) is 14.9. The lowest BCUT2D eigenvalue weighted by Crippen LogP contribution is -2.47. The molecule has 0 spiro atoms. The van der Waals surface area contributed by atoms with Gasteiger partial charge in [-0.1, -0.05) is 18.2 Å². The zero-order chi connectivity index (χ0) is 18.5. The highest BCUT2D eigenvalue weighted by atomic mass is 127. The Morgan fingerprint density at radius 3 is 2.52 bits per heavy atom. The van der Waals surface area contributed by atoms with Crippen LogP contribution in [0.25, 0.3) is 0 Å². The number of methoxy groups -OCH3 is 1. The van der Waals surface area contributed by atoms with Crippen LogP contribution in [0.5, 0.6) is 0 Å². The van der Waals surface area contributed by atoms with E-state index in [0.29, 0.717) is 6.10 Å². The van der Waals surface area contributed by atoms with Gasteiger partial charge in [0.25, 0.3) is 0 Å². The lowest BCUT2D eigenvalue weighted by atomic mass is 10.1. The van der Waals surface area contributed by atoms with E-state index in [2.05, 4.69) is 32.7 Å². The average Bonchev–Trinajstić information content (AvgIpc) is 2.69. The standard InChI is InChI=1S/C20H34N4O2.HI/c1-21-20(23-13-6-12-22-18-8-4-3-5-9-18)24-14-10-19(11-15-24)26-17-7-16-25-2;/h3-5,8-9,19,22H,6-7,10-17H2,1-2H3,(H,21,23);1H. The van der Waals surface area contributed by atoms with Crippen molar-refractivity contribution in [3.05, 3.63) is 30.3 Å². The van der Waals surface area contributed by atoms with Crippen LogP contribution in [0.4, 0.5) is 5.69 Å². The summed E-state index contributed by atoms with van der Waals surface area (Å²) in [6.07, 6.45) is 4.51. The number of guanidine groups is 1. The first-order valence-corrected chi connectivity index (χ1v) is 9.68. The molecule has 1 heterocycles. The fourth-order valence-corrected chi connectivity index (χ4v) is 3.10. The van der Waals surface area contributed by atoms with Gasteiger partial charge in [0.15, 0.2) is 5.96 Å². The van der Waals surface area contributed by atoms with Gasteiger partial charge in [-0.05, 0) is 37.8 Å². The smallest absolute Gasteiger partial charge is 0.193 e. The normalized spacial score (nSPS) is 15.3. The summed E-state index contributed by atoms with van der Waals surface area (Å²) in [5.74, 6) is 1.00. The Kier molecular flexibility index (Phi) is 13.3. The van der Waals surface area contributed by atoms with Crippen molar-refractivity contribution in [3.63, 3.8) is 0 Å². The molecule has 27 heavy (non-hydrogen) atoms.